The largest absolute Gasteiger partial charge is 0.480 e. The first-order valence-electron chi connectivity index (χ1n) is 10.1. The SMILES string of the molecule is Cc1ccc(CN2CCN(CC(=O)N3c4ccccc4CC3C(=O)O)CC2)cc1. The molecule has 152 valence electrons. The zero-order valence-corrected chi connectivity index (χ0v) is 16.8. The molecule has 1 N–H and O–H groups in total. The van der Waals surface area contributed by atoms with Crippen molar-refractivity contribution >= 4 is 17.6 Å². The minimum atomic E-state index is -0.947. The number of nitrogens with zero attached hydrogens (tertiary/aromatic N) is 3. The topological polar surface area (TPSA) is 64.1 Å². The third-order valence-electron chi connectivity index (χ3n) is 5.88. The van der Waals surface area contributed by atoms with Gasteiger partial charge in [-0.2, -0.15) is 0 Å². The maximum Gasteiger partial charge on any atom is 0.327 e. The van der Waals surface area contributed by atoms with Crippen LogP contribution in [0.25, 0.3) is 0 Å². The molecule has 0 aromatic heterocycles. The van der Waals surface area contributed by atoms with E-state index in [9.17, 15) is 14.7 Å². The summed E-state index contributed by atoms with van der Waals surface area (Å²) in [4.78, 5) is 30.7. The second kappa shape index (κ2) is 8.35. The highest BCUT2D eigenvalue weighted by Crippen LogP contribution is 2.32. The molecule has 29 heavy (non-hydrogen) atoms. The van der Waals surface area contributed by atoms with Crippen LogP contribution in [0.5, 0.6) is 0 Å². The molecule has 1 amide bonds. The fraction of sp³-hybridized carbons (Fsp3) is 0.391. The van der Waals surface area contributed by atoms with Crippen LogP contribution in [0.2, 0.25) is 0 Å². The van der Waals surface area contributed by atoms with Gasteiger partial charge in [-0.1, -0.05) is 48.0 Å². The van der Waals surface area contributed by atoms with Gasteiger partial charge in [-0.3, -0.25) is 19.5 Å². The molecular weight excluding hydrogens is 366 g/mol. The van der Waals surface area contributed by atoms with Gasteiger partial charge in [0.05, 0.1) is 6.54 Å². The van der Waals surface area contributed by atoms with E-state index < -0.39 is 12.0 Å². The smallest absolute Gasteiger partial charge is 0.327 e. The first-order valence-corrected chi connectivity index (χ1v) is 10.1. The summed E-state index contributed by atoms with van der Waals surface area (Å²) < 4.78 is 0. The van der Waals surface area contributed by atoms with Crippen LogP contribution in [0, 0.1) is 6.92 Å². The number of fused-ring (bicyclic) bond motifs is 1. The Bertz CT molecular complexity index is 888. The van der Waals surface area contributed by atoms with E-state index in [0.29, 0.717) is 6.42 Å². The van der Waals surface area contributed by atoms with E-state index in [1.165, 1.54) is 16.0 Å². The van der Waals surface area contributed by atoms with E-state index in [2.05, 4.69) is 41.0 Å². The zero-order valence-electron chi connectivity index (χ0n) is 16.8. The summed E-state index contributed by atoms with van der Waals surface area (Å²) in [5.41, 5.74) is 4.23. The highest BCUT2D eigenvalue weighted by atomic mass is 16.4. The molecular formula is C23H27N3O3. The lowest BCUT2D eigenvalue weighted by atomic mass is 10.1. The number of para-hydroxylation sites is 1. The molecule has 6 heteroatoms. The van der Waals surface area contributed by atoms with Gasteiger partial charge in [-0.05, 0) is 24.1 Å². The van der Waals surface area contributed by atoms with Crippen molar-refractivity contribution in [3.63, 3.8) is 0 Å². The molecule has 2 aromatic rings. The average Bonchev–Trinajstić information content (AvgIpc) is 3.11. The number of aliphatic carboxylic acids is 1. The number of carbonyl (C=O) groups is 2. The molecule has 1 fully saturated rings. The van der Waals surface area contributed by atoms with Crippen molar-refractivity contribution in [2.75, 3.05) is 37.6 Å². The van der Waals surface area contributed by atoms with Gasteiger partial charge in [0.2, 0.25) is 5.91 Å². The van der Waals surface area contributed by atoms with Crippen molar-refractivity contribution in [3.05, 3.63) is 65.2 Å². The maximum atomic E-state index is 13.0. The van der Waals surface area contributed by atoms with Crippen LogP contribution in [-0.2, 0) is 22.6 Å². The van der Waals surface area contributed by atoms with Gasteiger partial charge < -0.3 is 5.11 Å². The molecule has 0 radical (unpaired) electrons. The van der Waals surface area contributed by atoms with Crippen molar-refractivity contribution in [1.82, 2.24) is 9.80 Å². The summed E-state index contributed by atoms with van der Waals surface area (Å²) in [6, 6.07) is 15.3. The highest BCUT2D eigenvalue weighted by molar-refractivity contribution is 6.02. The summed E-state index contributed by atoms with van der Waals surface area (Å²) in [6.45, 7) is 6.70. The predicted octanol–water partition coefficient (Wildman–Crippen LogP) is 2.16. The average molecular weight is 393 g/mol. The van der Waals surface area contributed by atoms with Crippen LogP contribution >= 0.6 is 0 Å². The molecule has 1 saturated heterocycles. The summed E-state index contributed by atoms with van der Waals surface area (Å²) in [5.74, 6) is -1.08. The minimum Gasteiger partial charge on any atom is -0.480 e. The number of hydrogen-bond donors (Lipinski definition) is 1. The quantitative estimate of drug-likeness (QED) is 0.843. The molecule has 2 aliphatic heterocycles. The Morgan fingerprint density at radius 2 is 1.62 bits per heavy atom. The van der Waals surface area contributed by atoms with Crippen LogP contribution in [-0.4, -0.2) is 65.5 Å². The van der Waals surface area contributed by atoms with E-state index in [0.717, 1.165) is 44.0 Å². The number of aryl methyl sites for hydroxylation is 1. The fourth-order valence-corrected chi connectivity index (χ4v) is 4.22. The van der Waals surface area contributed by atoms with Gasteiger partial charge in [-0.15, -0.1) is 0 Å². The van der Waals surface area contributed by atoms with Crippen molar-refractivity contribution in [2.45, 2.75) is 25.9 Å². The third kappa shape index (κ3) is 4.33. The standard InChI is InChI=1S/C23H27N3O3/c1-17-6-8-18(9-7-17)15-24-10-12-25(13-11-24)16-22(27)26-20-5-3-2-4-19(20)14-21(26)23(28)29/h2-9,21H,10-16H2,1H3,(H,28,29). The second-order valence-corrected chi connectivity index (χ2v) is 7.99. The van der Waals surface area contributed by atoms with E-state index in [1.54, 1.807) is 0 Å². The van der Waals surface area contributed by atoms with Crippen LogP contribution in [0.15, 0.2) is 48.5 Å². The summed E-state index contributed by atoms with van der Waals surface area (Å²) in [6.07, 6.45) is 0.377. The lowest BCUT2D eigenvalue weighted by Gasteiger charge is -2.35. The molecule has 0 bridgehead atoms. The number of carbonyl (C=O) groups excluding carboxylic acids is 1. The molecule has 4 rings (SSSR count). The lowest BCUT2D eigenvalue weighted by Crippen LogP contribution is -2.52. The molecule has 0 aliphatic carbocycles. The molecule has 0 spiro atoms. The van der Waals surface area contributed by atoms with Gasteiger partial charge in [-0.25, -0.2) is 4.79 Å². The number of piperazine rings is 1. The monoisotopic (exact) mass is 393 g/mol. The summed E-state index contributed by atoms with van der Waals surface area (Å²) >= 11 is 0. The molecule has 0 saturated carbocycles. The first-order chi connectivity index (χ1) is 14.0. The highest BCUT2D eigenvalue weighted by Gasteiger charge is 2.38. The third-order valence-corrected chi connectivity index (χ3v) is 5.88. The normalized spacial score (nSPS) is 19.9. The number of benzene rings is 2. The minimum absolute atomic E-state index is 0.130. The molecule has 1 atom stereocenters. The second-order valence-electron chi connectivity index (χ2n) is 7.99. The Kier molecular flexibility index (Phi) is 5.65. The molecule has 2 aliphatic rings. The molecule has 6 nitrogen and oxygen atoms in total. The Balaban J connectivity index is 1.34. The Labute approximate surface area is 171 Å². The van der Waals surface area contributed by atoms with Gasteiger partial charge in [0.25, 0.3) is 0 Å². The Morgan fingerprint density at radius 3 is 2.31 bits per heavy atom. The first kappa shape index (κ1) is 19.6. The van der Waals surface area contributed by atoms with Crippen LogP contribution in [0.3, 0.4) is 0 Å². The van der Waals surface area contributed by atoms with Crippen LogP contribution in [0.4, 0.5) is 5.69 Å². The number of anilines is 1. The number of rotatable bonds is 5. The summed E-state index contributed by atoms with van der Waals surface area (Å²) in [7, 11) is 0. The van der Waals surface area contributed by atoms with Crippen molar-refractivity contribution < 1.29 is 14.7 Å². The zero-order chi connectivity index (χ0) is 20.4. The Hall–Kier alpha value is -2.70. The fourth-order valence-electron chi connectivity index (χ4n) is 4.22. The predicted molar refractivity (Wildman–Crippen MR) is 112 cm³/mol. The van der Waals surface area contributed by atoms with E-state index in [4.69, 9.17) is 0 Å². The Morgan fingerprint density at radius 1 is 0.966 bits per heavy atom. The number of carboxylic acids is 1. The molecule has 2 aromatic carbocycles. The number of carboxylic acid groups (broad SMARTS) is 1. The van der Waals surface area contributed by atoms with Crippen LogP contribution in [0.1, 0.15) is 16.7 Å². The molecule has 1 unspecified atom stereocenters. The van der Waals surface area contributed by atoms with Crippen LogP contribution < -0.4 is 4.90 Å². The number of hydrogen-bond acceptors (Lipinski definition) is 4. The van der Waals surface area contributed by atoms with Gasteiger partial charge >= 0.3 is 5.97 Å². The molecule has 2 heterocycles. The van der Waals surface area contributed by atoms with E-state index >= 15 is 0 Å². The van der Waals surface area contributed by atoms with Crippen molar-refractivity contribution in [3.8, 4) is 0 Å². The van der Waals surface area contributed by atoms with E-state index in [1.807, 2.05) is 24.3 Å². The summed E-state index contributed by atoms with van der Waals surface area (Å²) in [5, 5.41) is 9.59. The lowest BCUT2D eigenvalue weighted by molar-refractivity contribution is -0.140. The van der Waals surface area contributed by atoms with Gasteiger partial charge in [0, 0.05) is 44.8 Å². The maximum absolute atomic E-state index is 13.0. The van der Waals surface area contributed by atoms with Gasteiger partial charge in [0.1, 0.15) is 6.04 Å². The van der Waals surface area contributed by atoms with Crippen molar-refractivity contribution in [2.24, 2.45) is 0 Å². The van der Waals surface area contributed by atoms with Crippen molar-refractivity contribution in [1.29, 1.82) is 0 Å². The number of amides is 1. The van der Waals surface area contributed by atoms with E-state index in [-0.39, 0.29) is 12.5 Å². The van der Waals surface area contributed by atoms with Gasteiger partial charge in [0.15, 0.2) is 0 Å².